The zero-order chi connectivity index (χ0) is 18.1. The van der Waals surface area contributed by atoms with Gasteiger partial charge in [0.2, 0.25) is 0 Å². The lowest BCUT2D eigenvalue weighted by molar-refractivity contribution is -0.119. The molecule has 1 aliphatic rings. The number of rotatable bonds is 9. The number of carbonyl (C=O) groups is 2. The Morgan fingerprint density at radius 3 is 2.68 bits per heavy atom. The van der Waals surface area contributed by atoms with Crippen LogP contribution in [0.3, 0.4) is 0 Å². The van der Waals surface area contributed by atoms with E-state index in [1.54, 1.807) is 24.3 Å². The maximum absolute atomic E-state index is 12.3. The predicted octanol–water partition coefficient (Wildman–Crippen LogP) is 1.94. The number of para-hydroxylation sites is 1. The van der Waals surface area contributed by atoms with Crippen LogP contribution in [0.5, 0.6) is 5.75 Å². The second-order valence-corrected chi connectivity index (χ2v) is 6.63. The second kappa shape index (κ2) is 10.0. The van der Waals surface area contributed by atoms with Gasteiger partial charge in [0.1, 0.15) is 5.75 Å². The number of primary amides is 1. The summed E-state index contributed by atoms with van der Waals surface area (Å²) in [6.07, 6.45) is 7.49. The molecule has 1 aromatic carbocycles. The molecule has 0 bridgehead atoms. The molecule has 2 amide bonds. The predicted molar refractivity (Wildman–Crippen MR) is 97.6 cm³/mol. The van der Waals surface area contributed by atoms with Gasteiger partial charge < -0.3 is 20.7 Å². The van der Waals surface area contributed by atoms with Crippen molar-refractivity contribution in [2.24, 2.45) is 5.73 Å². The molecular weight excluding hydrogens is 318 g/mol. The number of nitrogens with two attached hydrogens (primary N) is 1. The fourth-order valence-electron chi connectivity index (χ4n) is 3.26. The van der Waals surface area contributed by atoms with Crippen LogP contribution in [0.4, 0.5) is 0 Å². The van der Waals surface area contributed by atoms with Crippen molar-refractivity contribution in [2.45, 2.75) is 44.6 Å². The molecule has 0 unspecified atom stereocenters. The minimum atomic E-state index is -0.569. The first-order valence-electron chi connectivity index (χ1n) is 9.06. The van der Waals surface area contributed by atoms with E-state index >= 15 is 0 Å². The Morgan fingerprint density at radius 2 is 1.96 bits per heavy atom. The zero-order valence-electron chi connectivity index (χ0n) is 15.0. The Morgan fingerprint density at radius 1 is 1.24 bits per heavy atom. The first-order chi connectivity index (χ1) is 12.1. The van der Waals surface area contributed by atoms with E-state index in [9.17, 15) is 9.59 Å². The van der Waals surface area contributed by atoms with E-state index in [-0.39, 0.29) is 12.5 Å². The molecule has 25 heavy (non-hydrogen) atoms. The highest BCUT2D eigenvalue weighted by Gasteiger charge is 2.17. The SMILES string of the molecule is CN(CCCNC(=O)c1ccccc1OCC(N)=O)C1CCCCC1. The van der Waals surface area contributed by atoms with E-state index in [0.717, 1.165) is 13.0 Å². The third-order valence-electron chi connectivity index (χ3n) is 4.67. The number of benzene rings is 1. The Labute approximate surface area is 149 Å². The summed E-state index contributed by atoms with van der Waals surface area (Å²) in [5.41, 5.74) is 5.51. The molecule has 0 saturated heterocycles. The van der Waals surface area contributed by atoms with Gasteiger partial charge in [-0.05, 0) is 45.0 Å². The lowest BCUT2D eigenvalue weighted by atomic mass is 9.94. The maximum Gasteiger partial charge on any atom is 0.255 e. The van der Waals surface area contributed by atoms with Crippen molar-refractivity contribution in [3.8, 4) is 5.75 Å². The van der Waals surface area contributed by atoms with Gasteiger partial charge in [-0.15, -0.1) is 0 Å². The molecule has 0 spiro atoms. The molecule has 6 nitrogen and oxygen atoms in total. The highest BCUT2D eigenvalue weighted by Crippen LogP contribution is 2.21. The van der Waals surface area contributed by atoms with Crippen LogP contribution < -0.4 is 15.8 Å². The van der Waals surface area contributed by atoms with E-state index in [1.807, 2.05) is 0 Å². The smallest absolute Gasteiger partial charge is 0.255 e. The van der Waals surface area contributed by atoms with E-state index in [2.05, 4.69) is 17.3 Å². The van der Waals surface area contributed by atoms with Crippen molar-refractivity contribution in [3.05, 3.63) is 29.8 Å². The van der Waals surface area contributed by atoms with E-state index in [0.29, 0.717) is 23.9 Å². The van der Waals surface area contributed by atoms with Gasteiger partial charge in [-0.3, -0.25) is 9.59 Å². The summed E-state index contributed by atoms with van der Waals surface area (Å²) < 4.78 is 5.30. The fraction of sp³-hybridized carbons (Fsp3) is 0.579. The van der Waals surface area contributed by atoms with Crippen molar-refractivity contribution in [2.75, 3.05) is 26.7 Å². The quantitative estimate of drug-likeness (QED) is 0.669. The van der Waals surface area contributed by atoms with Crippen LogP contribution in [0, 0.1) is 0 Å². The van der Waals surface area contributed by atoms with E-state index in [1.165, 1.54) is 32.1 Å². The number of nitrogens with zero attached hydrogens (tertiary/aromatic N) is 1. The third-order valence-corrected chi connectivity index (χ3v) is 4.67. The summed E-state index contributed by atoms with van der Waals surface area (Å²) in [4.78, 5) is 25.6. The van der Waals surface area contributed by atoms with Crippen LogP contribution in [0.25, 0.3) is 0 Å². The van der Waals surface area contributed by atoms with Crippen molar-refractivity contribution in [3.63, 3.8) is 0 Å². The molecule has 1 aliphatic carbocycles. The summed E-state index contributed by atoms with van der Waals surface area (Å²) in [5, 5.41) is 2.92. The molecule has 0 heterocycles. The Hall–Kier alpha value is -2.08. The summed E-state index contributed by atoms with van der Waals surface area (Å²) in [6.45, 7) is 1.35. The van der Waals surface area contributed by atoms with E-state index < -0.39 is 5.91 Å². The summed E-state index contributed by atoms with van der Waals surface area (Å²) in [7, 11) is 2.17. The number of nitrogens with one attached hydrogen (secondary N) is 1. The van der Waals surface area contributed by atoms with Crippen LogP contribution in [0.15, 0.2) is 24.3 Å². The average Bonchev–Trinajstić information content (AvgIpc) is 2.64. The van der Waals surface area contributed by atoms with Gasteiger partial charge in [-0.2, -0.15) is 0 Å². The van der Waals surface area contributed by atoms with Gasteiger partial charge in [-0.25, -0.2) is 0 Å². The van der Waals surface area contributed by atoms with Gasteiger partial charge >= 0.3 is 0 Å². The van der Waals surface area contributed by atoms with Crippen molar-refractivity contribution >= 4 is 11.8 Å². The van der Waals surface area contributed by atoms with Crippen molar-refractivity contribution in [1.29, 1.82) is 0 Å². The topological polar surface area (TPSA) is 84.7 Å². The second-order valence-electron chi connectivity index (χ2n) is 6.63. The van der Waals surface area contributed by atoms with Gasteiger partial charge in [-0.1, -0.05) is 31.4 Å². The Kier molecular flexibility index (Phi) is 7.73. The zero-order valence-corrected chi connectivity index (χ0v) is 15.0. The lowest BCUT2D eigenvalue weighted by Crippen LogP contribution is -2.35. The van der Waals surface area contributed by atoms with Crippen LogP contribution in [0.1, 0.15) is 48.9 Å². The molecule has 1 aromatic rings. The van der Waals surface area contributed by atoms with Gasteiger partial charge in [0.25, 0.3) is 11.8 Å². The molecular formula is C19H29N3O3. The molecule has 0 radical (unpaired) electrons. The largest absolute Gasteiger partial charge is 0.483 e. The number of ether oxygens (including phenoxy) is 1. The molecule has 1 fully saturated rings. The molecule has 138 valence electrons. The van der Waals surface area contributed by atoms with E-state index in [4.69, 9.17) is 10.5 Å². The molecule has 6 heteroatoms. The van der Waals surface area contributed by atoms with Crippen LogP contribution in [-0.2, 0) is 4.79 Å². The Bertz CT molecular complexity index is 571. The first-order valence-corrected chi connectivity index (χ1v) is 9.06. The molecule has 2 rings (SSSR count). The van der Waals surface area contributed by atoms with Gasteiger partial charge in [0.15, 0.2) is 6.61 Å². The monoisotopic (exact) mass is 347 g/mol. The minimum absolute atomic E-state index is 0.194. The van der Waals surface area contributed by atoms with Crippen LogP contribution in [0.2, 0.25) is 0 Å². The average molecular weight is 347 g/mol. The van der Waals surface area contributed by atoms with Crippen LogP contribution >= 0.6 is 0 Å². The molecule has 1 saturated carbocycles. The van der Waals surface area contributed by atoms with Gasteiger partial charge in [0.05, 0.1) is 5.56 Å². The highest BCUT2D eigenvalue weighted by molar-refractivity contribution is 5.97. The van der Waals surface area contributed by atoms with Crippen molar-refractivity contribution in [1.82, 2.24) is 10.2 Å². The summed E-state index contributed by atoms with van der Waals surface area (Å²) in [5.74, 6) is -0.389. The molecule has 0 atom stereocenters. The number of carbonyl (C=O) groups excluding carboxylic acids is 2. The molecule has 3 N–H and O–H groups in total. The minimum Gasteiger partial charge on any atom is -0.483 e. The van der Waals surface area contributed by atoms with Crippen molar-refractivity contribution < 1.29 is 14.3 Å². The molecule has 0 aliphatic heterocycles. The number of hydrogen-bond acceptors (Lipinski definition) is 4. The fourth-order valence-corrected chi connectivity index (χ4v) is 3.26. The number of hydrogen-bond donors (Lipinski definition) is 2. The lowest BCUT2D eigenvalue weighted by Gasteiger charge is -2.31. The normalized spacial score (nSPS) is 15.1. The number of amides is 2. The molecule has 0 aromatic heterocycles. The maximum atomic E-state index is 12.3. The summed E-state index contributed by atoms with van der Waals surface area (Å²) in [6, 6.07) is 7.55. The highest BCUT2D eigenvalue weighted by atomic mass is 16.5. The third kappa shape index (κ3) is 6.38. The Balaban J connectivity index is 1.75. The summed E-state index contributed by atoms with van der Waals surface area (Å²) >= 11 is 0. The first kappa shape index (κ1) is 19.2. The standard InChI is InChI=1S/C19H29N3O3/c1-22(15-8-3-2-4-9-15)13-7-12-21-19(24)16-10-5-6-11-17(16)25-14-18(20)23/h5-6,10-11,15H,2-4,7-9,12-14H2,1H3,(H2,20,23)(H,21,24). The van der Waals surface area contributed by atoms with Crippen LogP contribution in [-0.4, -0.2) is 49.5 Å². The van der Waals surface area contributed by atoms with Gasteiger partial charge in [0, 0.05) is 12.6 Å².